The molecule has 0 aromatic heterocycles. The van der Waals surface area contributed by atoms with E-state index in [0.717, 1.165) is 11.8 Å². The van der Waals surface area contributed by atoms with Gasteiger partial charge in [-0.25, -0.2) is 0 Å². The van der Waals surface area contributed by atoms with Crippen LogP contribution in [0.4, 0.5) is 0 Å². The van der Waals surface area contributed by atoms with E-state index in [0.29, 0.717) is 5.41 Å². The van der Waals surface area contributed by atoms with Crippen LogP contribution >= 0.6 is 0 Å². The first-order chi connectivity index (χ1) is 8.05. The predicted octanol–water partition coefficient (Wildman–Crippen LogP) is 2.99. The molecule has 2 aliphatic heterocycles. The SMILES string of the molecule is CC.CC(C)(C)C1CCN(CC2CNC2)CC1. The maximum atomic E-state index is 3.36. The number of nitrogens with one attached hydrogen (secondary N) is 1. The topological polar surface area (TPSA) is 15.3 Å². The Morgan fingerprint density at radius 1 is 1.06 bits per heavy atom. The highest BCUT2D eigenvalue weighted by Gasteiger charge is 2.30. The third-order valence-electron chi connectivity index (χ3n) is 4.19. The van der Waals surface area contributed by atoms with Crippen molar-refractivity contribution in [3.8, 4) is 0 Å². The molecular formula is C15H32N2. The van der Waals surface area contributed by atoms with Gasteiger partial charge in [-0.05, 0) is 43.2 Å². The van der Waals surface area contributed by atoms with E-state index in [1.165, 1.54) is 45.6 Å². The Kier molecular flexibility index (Phi) is 5.94. The van der Waals surface area contributed by atoms with Crippen LogP contribution in [-0.4, -0.2) is 37.6 Å². The van der Waals surface area contributed by atoms with Crippen LogP contribution in [0.3, 0.4) is 0 Å². The van der Waals surface area contributed by atoms with Gasteiger partial charge in [-0.1, -0.05) is 34.6 Å². The Labute approximate surface area is 108 Å². The van der Waals surface area contributed by atoms with Gasteiger partial charge in [0.25, 0.3) is 0 Å². The van der Waals surface area contributed by atoms with Gasteiger partial charge in [0.2, 0.25) is 0 Å². The fourth-order valence-corrected chi connectivity index (χ4v) is 2.82. The molecule has 0 spiro atoms. The highest BCUT2D eigenvalue weighted by Crippen LogP contribution is 2.34. The van der Waals surface area contributed by atoms with Gasteiger partial charge in [-0.2, -0.15) is 0 Å². The molecule has 2 heterocycles. The van der Waals surface area contributed by atoms with Crippen molar-refractivity contribution in [2.75, 3.05) is 32.7 Å². The van der Waals surface area contributed by atoms with Crippen molar-refractivity contribution in [2.24, 2.45) is 17.3 Å². The Morgan fingerprint density at radius 2 is 1.59 bits per heavy atom. The van der Waals surface area contributed by atoms with Crippen LogP contribution in [0.5, 0.6) is 0 Å². The Morgan fingerprint density at radius 3 is 1.94 bits per heavy atom. The Hall–Kier alpha value is -0.0800. The summed E-state index contributed by atoms with van der Waals surface area (Å²) in [6.07, 6.45) is 2.81. The fraction of sp³-hybridized carbons (Fsp3) is 1.00. The van der Waals surface area contributed by atoms with Crippen molar-refractivity contribution in [3.63, 3.8) is 0 Å². The quantitative estimate of drug-likeness (QED) is 0.798. The van der Waals surface area contributed by atoms with Crippen molar-refractivity contribution < 1.29 is 0 Å². The van der Waals surface area contributed by atoms with Crippen molar-refractivity contribution in [1.29, 1.82) is 0 Å². The lowest BCUT2D eigenvalue weighted by Gasteiger charge is -2.41. The largest absolute Gasteiger partial charge is 0.316 e. The summed E-state index contributed by atoms with van der Waals surface area (Å²) in [5, 5.41) is 3.36. The molecule has 2 nitrogen and oxygen atoms in total. The lowest BCUT2D eigenvalue weighted by atomic mass is 9.75. The number of hydrogen-bond acceptors (Lipinski definition) is 2. The van der Waals surface area contributed by atoms with Gasteiger partial charge in [0.15, 0.2) is 0 Å². The van der Waals surface area contributed by atoms with Crippen LogP contribution in [0.1, 0.15) is 47.5 Å². The monoisotopic (exact) mass is 240 g/mol. The third-order valence-corrected chi connectivity index (χ3v) is 4.19. The van der Waals surface area contributed by atoms with Gasteiger partial charge < -0.3 is 10.2 Å². The van der Waals surface area contributed by atoms with Crippen LogP contribution in [-0.2, 0) is 0 Å². The summed E-state index contributed by atoms with van der Waals surface area (Å²) in [5.74, 6) is 1.88. The smallest absolute Gasteiger partial charge is 0.00340 e. The molecule has 2 fully saturated rings. The second-order valence-corrected chi connectivity index (χ2v) is 6.47. The fourth-order valence-electron chi connectivity index (χ4n) is 2.82. The third kappa shape index (κ3) is 4.59. The van der Waals surface area contributed by atoms with Gasteiger partial charge in [-0.3, -0.25) is 0 Å². The number of rotatable bonds is 2. The van der Waals surface area contributed by atoms with Gasteiger partial charge in [0.05, 0.1) is 0 Å². The molecule has 0 aromatic carbocycles. The summed E-state index contributed by atoms with van der Waals surface area (Å²) in [5.41, 5.74) is 0.518. The normalized spacial score (nSPS) is 23.8. The summed E-state index contributed by atoms with van der Waals surface area (Å²) < 4.78 is 0. The summed E-state index contributed by atoms with van der Waals surface area (Å²) in [4.78, 5) is 2.67. The van der Waals surface area contributed by atoms with E-state index in [1.54, 1.807) is 0 Å². The number of likely N-dealkylation sites (tertiary alicyclic amines) is 1. The van der Waals surface area contributed by atoms with Crippen LogP contribution in [0.15, 0.2) is 0 Å². The van der Waals surface area contributed by atoms with Gasteiger partial charge in [0.1, 0.15) is 0 Å². The molecule has 0 saturated carbocycles. The lowest BCUT2D eigenvalue weighted by molar-refractivity contribution is 0.0926. The minimum atomic E-state index is 0.518. The number of nitrogens with zero attached hydrogens (tertiary/aromatic N) is 1. The van der Waals surface area contributed by atoms with Crippen LogP contribution in [0.2, 0.25) is 0 Å². The molecule has 102 valence electrons. The maximum absolute atomic E-state index is 3.36. The number of piperidine rings is 1. The minimum Gasteiger partial charge on any atom is -0.316 e. The molecule has 2 saturated heterocycles. The zero-order valence-corrected chi connectivity index (χ0v) is 12.6. The van der Waals surface area contributed by atoms with Crippen molar-refractivity contribution in [2.45, 2.75) is 47.5 Å². The summed E-state index contributed by atoms with van der Waals surface area (Å²) >= 11 is 0. The molecule has 2 aliphatic rings. The first-order valence-corrected chi connectivity index (χ1v) is 7.49. The second kappa shape index (κ2) is 6.75. The van der Waals surface area contributed by atoms with Crippen molar-refractivity contribution >= 4 is 0 Å². The van der Waals surface area contributed by atoms with Crippen LogP contribution < -0.4 is 5.32 Å². The van der Waals surface area contributed by atoms with E-state index >= 15 is 0 Å². The average Bonchev–Trinajstić information content (AvgIpc) is 2.26. The first-order valence-electron chi connectivity index (χ1n) is 7.49. The zero-order chi connectivity index (χ0) is 12.9. The van der Waals surface area contributed by atoms with Crippen molar-refractivity contribution in [3.05, 3.63) is 0 Å². The molecule has 2 heteroatoms. The van der Waals surface area contributed by atoms with Crippen LogP contribution in [0, 0.1) is 17.3 Å². The van der Waals surface area contributed by atoms with Crippen molar-refractivity contribution in [1.82, 2.24) is 10.2 Å². The molecule has 0 amide bonds. The summed E-state index contributed by atoms with van der Waals surface area (Å²) in [7, 11) is 0. The highest BCUT2D eigenvalue weighted by atomic mass is 15.1. The van der Waals surface area contributed by atoms with E-state index in [4.69, 9.17) is 0 Å². The van der Waals surface area contributed by atoms with Gasteiger partial charge in [0, 0.05) is 19.6 Å². The second-order valence-electron chi connectivity index (χ2n) is 6.47. The van der Waals surface area contributed by atoms with Crippen LogP contribution in [0.25, 0.3) is 0 Å². The number of hydrogen-bond donors (Lipinski definition) is 1. The molecule has 17 heavy (non-hydrogen) atoms. The summed E-state index contributed by atoms with van der Waals surface area (Å²) in [6, 6.07) is 0. The zero-order valence-electron chi connectivity index (χ0n) is 12.6. The molecule has 0 aromatic rings. The van der Waals surface area contributed by atoms with E-state index in [-0.39, 0.29) is 0 Å². The first kappa shape index (κ1) is 15.0. The molecule has 2 rings (SSSR count). The molecule has 0 aliphatic carbocycles. The predicted molar refractivity (Wildman–Crippen MR) is 76.3 cm³/mol. The standard InChI is InChI=1S/C13H26N2.C2H6/c1-13(2,3)12-4-6-15(7-5-12)10-11-8-14-9-11;1-2/h11-12,14H,4-10H2,1-3H3;1-2H3. The van der Waals surface area contributed by atoms with E-state index in [2.05, 4.69) is 31.0 Å². The van der Waals surface area contributed by atoms with Gasteiger partial charge >= 0.3 is 0 Å². The van der Waals surface area contributed by atoms with E-state index in [1.807, 2.05) is 13.8 Å². The van der Waals surface area contributed by atoms with Gasteiger partial charge in [-0.15, -0.1) is 0 Å². The molecule has 0 atom stereocenters. The molecule has 0 radical (unpaired) electrons. The Balaban J connectivity index is 0.000000686. The molecule has 1 N–H and O–H groups in total. The molecule has 0 bridgehead atoms. The highest BCUT2D eigenvalue weighted by molar-refractivity contribution is 4.84. The Bertz CT molecular complexity index is 195. The maximum Gasteiger partial charge on any atom is 0.00340 e. The minimum absolute atomic E-state index is 0.518. The van der Waals surface area contributed by atoms with E-state index < -0.39 is 0 Å². The molecule has 0 unspecified atom stereocenters. The molecular weight excluding hydrogens is 208 g/mol. The summed E-state index contributed by atoms with van der Waals surface area (Å²) in [6.45, 7) is 17.7. The van der Waals surface area contributed by atoms with E-state index in [9.17, 15) is 0 Å². The lowest BCUT2D eigenvalue weighted by Crippen LogP contribution is -2.50. The average molecular weight is 240 g/mol.